The van der Waals surface area contributed by atoms with Crippen LogP contribution in [0.15, 0.2) is 41.4 Å². The maximum atomic E-state index is 12.4. The second-order valence-corrected chi connectivity index (χ2v) is 7.29. The van der Waals surface area contributed by atoms with Gasteiger partial charge in [-0.15, -0.1) is 0 Å². The van der Waals surface area contributed by atoms with Gasteiger partial charge in [-0.3, -0.25) is 19.3 Å². The molecule has 0 bridgehead atoms. The molecule has 29 heavy (non-hydrogen) atoms. The second-order valence-electron chi connectivity index (χ2n) is 5.86. The van der Waals surface area contributed by atoms with Crippen molar-refractivity contribution in [1.29, 1.82) is 0 Å². The number of benzene rings is 1. The van der Waals surface area contributed by atoms with Gasteiger partial charge in [0.2, 0.25) is 5.91 Å². The molecule has 3 rings (SSSR count). The molecule has 2 aromatic rings. The zero-order chi connectivity index (χ0) is 21.0. The molecule has 2 heterocycles. The molecule has 0 radical (unpaired) electrons. The van der Waals surface area contributed by atoms with E-state index in [9.17, 15) is 24.5 Å². The highest BCUT2D eigenvalue weighted by molar-refractivity contribution is 8.18. The minimum atomic E-state index is -0.661. The van der Waals surface area contributed by atoms with E-state index in [1.165, 1.54) is 12.3 Å². The van der Waals surface area contributed by atoms with Crippen molar-refractivity contribution >= 4 is 52.3 Å². The number of rotatable bonds is 7. The predicted molar refractivity (Wildman–Crippen MR) is 106 cm³/mol. The lowest BCUT2D eigenvalue weighted by Gasteiger charge is -2.12. The van der Waals surface area contributed by atoms with Gasteiger partial charge in [-0.05, 0) is 40.5 Å². The van der Waals surface area contributed by atoms with Gasteiger partial charge in [0.05, 0.1) is 22.3 Å². The summed E-state index contributed by atoms with van der Waals surface area (Å²) in [6.07, 6.45) is 2.92. The molecule has 0 saturated carbocycles. The van der Waals surface area contributed by atoms with Crippen LogP contribution < -0.4 is 5.32 Å². The number of nitrogens with one attached hydrogen (secondary N) is 1. The van der Waals surface area contributed by atoms with E-state index in [0.29, 0.717) is 5.02 Å². The van der Waals surface area contributed by atoms with Crippen molar-refractivity contribution in [2.75, 3.05) is 13.1 Å². The Morgan fingerprint density at radius 2 is 2.00 bits per heavy atom. The third-order valence-electron chi connectivity index (χ3n) is 3.82. The highest BCUT2D eigenvalue weighted by Gasteiger charge is 2.34. The standard InChI is InChI=1S/C17H14ClN5O5S/c18-12-3-1-11(2-4-12)9-13-16(25)22(17(26)29-13)8-6-19-15(24)10-21-7-5-14(20-21)23(27)28/h1-5,7,9H,6,8,10H2,(H,19,24)/b13-9+. The van der Waals surface area contributed by atoms with Crippen molar-refractivity contribution in [2.45, 2.75) is 6.54 Å². The van der Waals surface area contributed by atoms with Gasteiger partial charge in [-0.2, -0.15) is 4.68 Å². The van der Waals surface area contributed by atoms with Crippen LogP contribution in [0.4, 0.5) is 10.6 Å². The summed E-state index contributed by atoms with van der Waals surface area (Å²) in [5.41, 5.74) is 0.738. The average Bonchev–Trinajstić information content (AvgIpc) is 3.23. The lowest BCUT2D eigenvalue weighted by atomic mass is 10.2. The fraction of sp³-hybridized carbons (Fsp3) is 0.176. The molecule has 0 unspecified atom stereocenters. The third kappa shape index (κ3) is 5.21. The Kier molecular flexibility index (Phi) is 6.29. The van der Waals surface area contributed by atoms with Crippen LogP contribution in [0.5, 0.6) is 0 Å². The summed E-state index contributed by atoms with van der Waals surface area (Å²) in [6, 6.07) is 8.01. The number of thioether (sulfide) groups is 1. The Balaban J connectivity index is 1.51. The van der Waals surface area contributed by atoms with Crippen molar-refractivity contribution in [2.24, 2.45) is 0 Å². The first kappa shape index (κ1) is 20.6. The van der Waals surface area contributed by atoms with Crippen molar-refractivity contribution < 1.29 is 19.3 Å². The van der Waals surface area contributed by atoms with Crippen molar-refractivity contribution in [3.8, 4) is 0 Å². The summed E-state index contributed by atoms with van der Waals surface area (Å²) >= 11 is 6.65. The van der Waals surface area contributed by atoms with E-state index in [1.54, 1.807) is 30.3 Å². The van der Waals surface area contributed by atoms with Gasteiger partial charge in [0.25, 0.3) is 11.1 Å². The minimum absolute atomic E-state index is 0.00756. The van der Waals surface area contributed by atoms with Crippen molar-refractivity contribution in [1.82, 2.24) is 20.0 Å². The van der Waals surface area contributed by atoms with Crippen LogP contribution in [0.2, 0.25) is 5.02 Å². The Hall–Kier alpha value is -3.18. The monoisotopic (exact) mass is 435 g/mol. The van der Waals surface area contributed by atoms with Crippen LogP contribution in [-0.4, -0.2) is 49.7 Å². The molecule has 1 aliphatic rings. The first-order valence-electron chi connectivity index (χ1n) is 8.29. The van der Waals surface area contributed by atoms with E-state index in [4.69, 9.17) is 11.6 Å². The summed E-state index contributed by atoms with van der Waals surface area (Å²) in [4.78, 5) is 47.7. The van der Waals surface area contributed by atoms with Crippen LogP contribution in [0.1, 0.15) is 5.56 Å². The summed E-state index contributed by atoms with van der Waals surface area (Å²) in [6.45, 7) is -0.158. The molecule has 0 spiro atoms. The van der Waals surface area contributed by atoms with Gasteiger partial charge >= 0.3 is 5.82 Å². The molecule has 0 aliphatic carbocycles. The highest BCUT2D eigenvalue weighted by Crippen LogP contribution is 2.32. The van der Waals surface area contributed by atoms with Gasteiger partial charge in [0, 0.05) is 18.1 Å². The summed E-state index contributed by atoms with van der Waals surface area (Å²) in [7, 11) is 0. The number of hydrogen-bond acceptors (Lipinski definition) is 7. The Morgan fingerprint density at radius 3 is 2.66 bits per heavy atom. The first-order valence-corrected chi connectivity index (χ1v) is 9.48. The van der Waals surface area contributed by atoms with Gasteiger partial charge < -0.3 is 15.4 Å². The minimum Gasteiger partial charge on any atom is -0.358 e. The zero-order valence-electron chi connectivity index (χ0n) is 14.8. The van der Waals surface area contributed by atoms with Crippen LogP contribution in [0.3, 0.4) is 0 Å². The maximum absolute atomic E-state index is 12.4. The molecule has 1 aromatic heterocycles. The average molecular weight is 436 g/mol. The Bertz CT molecular complexity index is 1000. The SMILES string of the molecule is O=C(Cn1ccc([N+](=O)[O-])n1)NCCN1C(=O)S/C(=C/c2ccc(Cl)cc2)C1=O. The van der Waals surface area contributed by atoms with Crippen LogP contribution in [0, 0.1) is 10.1 Å². The van der Waals surface area contributed by atoms with E-state index < -0.39 is 22.0 Å². The molecule has 1 saturated heterocycles. The van der Waals surface area contributed by atoms with E-state index in [0.717, 1.165) is 26.9 Å². The van der Waals surface area contributed by atoms with Crippen molar-refractivity contribution in [3.63, 3.8) is 0 Å². The van der Waals surface area contributed by atoms with Gasteiger partial charge in [-0.1, -0.05) is 23.7 Å². The Morgan fingerprint density at radius 1 is 1.28 bits per heavy atom. The number of carbonyl (C=O) groups is 3. The zero-order valence-corrected chi connectivity index (χ0v) is 16.4. The molecule has 1 N–H and O–H groups in total. The summed E-state index contributed by atoms with van der Waals surface area (Å²) in [5, 5.41) is 16.9. The summed E-state index contributed by atoms with van der Waals surface area (Å²) < 4.78 is 1.13. The van der Waals surface area contributed by atoms with Crippen LogP contribution in [-0.2, 0) is 16.1 Å². The van der Waals surface area contributed by atoms with E-state index >= 15 is 0 Å². The molecular formula is C17H14ClN5O5S. The maximum Gasteiger partial charge on any atom is 0.389 e. The lowest BCUT2D eigenvalue weighted by molar-refractivity contribution is -0.389. The molecule has 1 aliphatic heterocycles. The topological polar surface area (TPSA) is 127 Å². The molecule has 1 fully saturated rings. The molecule has 1 aromatic carbocycles. The molecular weight excluding hydrogens is 422 g/mol. The molecule has 150 valence electrons. The number of nitrogens with zero attached hydrogens (tertiary/aromatic N) is 4. The number of hydrogen-bond donors (Lipinski definition) is 1. The molecule has 3 amide bonds. The Labute approximate surface area is 173 Å². The number of amides is 3. The van der Waals surface area contributed by atoms with Gasteiger partial charge in [0.1, 0.15) is 6.54 Å². The van der Waals surface area contributed by atoms with Crippen LogP contribution >= 0.6 is 23.4 Å². The van der Waals surface area contributed by atoms with E-state index in [-0.39, 0.29) is 30.4 Å². The van der Waals surface area contributed by atoms with Gasteiger partial charge in [-0.25, -0.2) is 0 Å². The van der Waals surface area contributed by atoms with Crippen molar-refractivity contribution in [3.05, 3.63) is 62.1 Å². The number of nitro groups is 1. The normalized spacial score (nSPS) is 15.2. The highest BCUT2D eigenvalue weighted by atomic mass is 35.5. The van der Waals surface area contributed by atoms with Crippen LogP contribution in [0.25, 0.3) is 6.08 Å². The van der Waals surface area contributed by atoms with Gasteiger partial charge in [0.15, 0.2) is 0 Å². The number of imide groups is 1. The molecule has 12 heteroatoms. The molecule has 10 nitrogen and oxygen atoms in total. The number of aromatic nitrogens is 2. The predicted octanol–water partition coefficient (Wildman–Crippen LogP) is 2.30. The fourth-order valence-corrected chi connectivity index (χ4v) is 3.44. The largest absolute Gasteiger partial charge is 0.389 e. The smallest absolute Gasteiger partial charge is 0.358 e. The van der Waals surface area contributed by atoms with E-state index in [2.05, 4.69) is 10.4 Å². The lowest BCUT2D eigenvalue weighted by Crippen LogP contribution is -2.38. The quantitative estimate of drug-likeness (QED) is 0.401. The first-order chi connectivity index (χ1) is 13.8. The third-order valence-corrected chi connectivity index (χ3v) is 4.98. The fourth-order valence-electron chi connectivity index (χ4n) is 2.45. The van der Waals surface area contributed by atoms with E-state index in [1.807, 2.05) is 0 Å². The summed E-state index contributed by atoms with van der Waals surface area (Å²) in [5.74, 6) is -1.25. The number of carbonyl (C=O) groups excluding carboxylic acids is 3. The second kappa shape index (κ2) is 8.88. The molecule has 0 atom stereocenters. The number of halogens is 1.